The van der Waals surface area contributed by atoms with E-state index < -0.39 is 0 Å². The predicted molar refractivity (Wildman–Crippen MR) is 156 cm³/mol. The number of hydrogen-bond donors (Lipinski definition) is 1. The fraction of sp³-hybridized carbons (Fsp3) is 0.171. The average molecular weight is 512 g/mol. The first-order valence-electron chi connectivity index (χ1n) is 13.6. The Morgan fingerprint density at radius 2 is 1.46 bits per heavy atom. The molecule has 2 aliphatic heterocycles. The summed E-state index contributed by atoms with van der Waals surface area (Å²) < 4.78 is 13.7. The van der Waals surface area contributed by atoms with Crippen molar-refractivity contribution in [2.75, 3.05) is 13.1 Å². The van der Waals surface area contributed by atoms with Crippen molar-refractivity contribution in [1.82, 2.24) is 14.9 Å². The van der Waals surface area contributed by atoms with E-state index in [-0.39, 0.29) is 11.2 Å². The van der Waals surface area contributed by atoms with Crippen LogP contribution in [0.2, 0.25) is 0 Å². The minimum absolute atomic E-state index is 0.0260. The summed E-state index contributed by atoms with van der Waals surface area (Å²) in [5.74, 6) is -0.229. The maximum absolute atomic E-state index is 13.7. The van der Waals surface area contributed by atoms with Gasteiger partial charge in [-0.05, 0) is 77.1 Å². The van der Waals surface area contributed by atoms with E-state index in [0.717, 1.165) is 48.3 Å². The number of pyridine rings is 1. The second kappa shape index (κ2) is 9.79. The Morgan fingerprint density at radius 1 is 0.795 bits per heavy atom. The van der Waals surface area contributed by atoms with Gasteiger partial charge in [-0.1, -0.05) is 66.7 Å². The summed E-state index contributed by atoms with van der Waals surface area (Å²) in [6.07, 6.45) is 10.3. The van der Waals surface area contributed by atoms with Crippen molar-refractivity contribution < 1.29 is 4.39 Å². The van der Waals surface area contributed by atoms with Gasteiger partial charge in [-0.15, -0.1) is 0 Å². The van der Waals surface area contributed by atoms with Crippen LogP contribution < -0.4 is 0 Å². The SMILES string of the molecule is Fc1ccc(-c2[nH]cc(C3=CCN4CC(c5ccccc5)(c5ccccc5)CC4C3)c2-c2ccncc2)cc1. The zero-order chi connectivity index (χ0) is 26.2. The first kappa shape index (κ1) is 23.8. The van der Waals surface area contributed by atoms with Crippen molar-refractivity contribution in [2.24, 2.45) is 0 Å². The Balaban J connectivity index is 1.27. The number of hydrogen-bond acceptors (Lipinski definition) is 2. The molecule has 192 valence electrons. The molecule has 3 nitrogen and oxygen atoms in total. The third kappa shape index (κ3) is 4.21. The Labute approximate surface area is 228 Å². The number of H-pyrrole nitrogens is 1. The molecule has 0 bridgehead atoms. The van der Waals surface area contributed by atoms with E-state index in [4.69, 9.17) is 0 Å². The Hall–Kier alpha value is -4.28. The van der Waals surface area contributed by atoms with E-state index in [1.807, 2.05) is 24.5 Å². The van der Waals surface area contributed by atoms with E-state index in [1.54, 1.807) is 0 Å². The molecule has 0 aliphatic carbocycles. The van der Waals surface area contributed by atoms with Crippen LogP contribution in [-0.4, -0.2) is 34.0 Å². The molecule has 4 heterocycles. The van der Waals surface area contributed by atoms with Crippen LogP contribution in [0.5, 0.6) is 0 Å². The molecule has 3 aromatic carbocycles. The minimum atomic E-state index is -0.229. The second-order valence-corrected chi connectivity index (χ2v) is 10.7. The number of aromatic amines is 1. The number of rotatable bonds is 5. The largest absolute Gasteiger partial charge is 0.360 e. The highest BCUT2D eigenvalue weighted by Crippen LogP contribution is 2.48. The summed E-state index contributed by atoms with van der Waals surface area (Å²) in [5, 5.41) is 0. The van der Waals surface area contributed by atoms with Gasteiger partial charge in [-0.2, -0.15) is 0 Å². The lowest BCUT2D eigenvalue weighted by atomic mass is 9.72. The highest BCUT2D eigenvalue weighted by molar-refractivity contribution is 5.91. The number of fused-ring (bicyclic) bond motifs is 1. The molecule has 5 aromatic rings. The van der Waals surface area contributed by atoms with Crippen molar-refractivity contribution in [1.29, 1.82) is 0 Å². The summed E-state index contributed by atoms with van der Waals surface area (Å²) in [5.41, 5.74) is 9.59. The maximum atomic E-state index is 13.7. The lowest BCUT2D eigenvalue weighted by Gasteiger charge is -2.31. The topological polar surface area (TPSA) is 31.9 Å². The van der Waals surface area contributed by atoms with Crippen molar-refractivity contribution >= 4 is 5.57 Å². The van der Waals surface area contributed by atoms with Crippen molar-refractivity contribution in [2.45, 2.75) is 24.3 Å². The summed E-state index contributed by atoms with van der Waals surface area (Å²) in [6.45, 7) is 1.94. The molecule has 0 radical (unpaired) electrons. The van der Waals surface area contributed by atoms with E-state index in [2.05, 4.69) is 99.9 Å². The molecule has 2 aliphatic rings. The number of aromatic nitrogens is 2. The summed E-state index contributed by atoms with van der Waals surface area (Å²) in [4.78, 5) is 10.4. The molecule has 7 rings (SSSR count). The molecule has 1 unspecified atom stereocenters. The van der Waals surface area contributed by atoms with E-state index >= 15 is 0 Å². The van der Waals surface area contributed by atoms with E-state index in [1.165, 1.54) is 34.4 Å². The average Bonchev–Trinajstić information content (AvgIpc) is 3.62. The van der Waals surface area contributed by atoms with Gasteiger partial charge in [0.05, 0.1) is 5.69 Å². The normalized spacial score (nSPS) is 18.5. The Morgan fingerprint density at radius 3 is 2.13 bits per heavy atom. The maximum Gasteiger partial charge on any atom is 0.123 e. The monoisotopic (exact) mass is 511 g/mol. The molecule has 1 atom stereocenters. The van der Waals surface area contributed by atoms with Gasteiger partial charge in [-0.3, -0.25) is 9.88 Å². The molecule has 0 amide bonds. The lowest BCUT2D eigenvalue weighted by molar-refractivity contribution is 0.271. The number of nitrogens with one attached hydrogen (secondary N) is 1. The highest BCUT2D eigenvalue weighted by atomic mass is 19.1. The Bertz CT molecular complexity index is 1570. The van der Waals surface area contributed by atoms with Crippen LogP contribution in [0.15, 0.2) is 122 Å². The van der Waals surface area contributed by atoms with Gasteiger partial charge in [0.1, 0.15) is 5.82 Å². The molecular weight excluding hydrogens is 481 g/mol. The first-order chi connectivity index (χ1) is 19.2. The van der Waals surface area contributed by atoms with Gasteiger partial charge in [0.15, 0.2) is 0 Å². The van der Waals surface area contributed by atoms with E-state index in [0.29, 0.717) is 6.04 Å². The third-order valence-electron chi connectivity index (χ3n) is 8.58. The van der Waals surface area contributed by atoms with Crippen LogP contribution >= 0.6 is 0 Å². The molecule has 4 heteroatoms. The molecule has 0 spiro atoms. The number of benzene rings is 3. The number of nitrogens with zero attached hydrogens (tertiary/aromatic N) is 2. The Kier molecular flexibility index (Phi) is 5.98. The van der Waals surface area contributed by atoms with Crippen LogP contribution in [0.3, 0.4) is 0 Å². The fourth-order valence-corrected chi connectivity index (χ4v) is 6.71. The van der Waals surface area contributed by atoms with Gasteiger partial charge in [-0.25, -0.2) is 4.39 Å². The zero-order valence-electron chi connectivity index (χ0n) is 21.7. The van der Waals surface area contributed by atoms with Gasteiger partial charge >= 0.3 is 0 Å². The van der Waals surface area contributed by atoms with Crippen LogP contribution in [-0.2, 0) is 5.41 Å². The van der Waals surface area contributed by atoms with Gasteiger partial charge in [0.25, 0.3) is 0 Å². The second-order valence-electron chi connectivity index (χ2n) is 10.7. The summed E-state index contributed by atoms with van der Waals surface area (Å²) >= 11 is 0. The van der Waals surface area contributed by atoms with E-state index in [9.17, 15) is 4.39 Å². The minimum Gasteiger partial charge on any atom is -0.360 e. The smallest absolute Gasteiger partial charge is 0.123 e. The van der Waals surface area contributed by atoms with Crippen molar-refractivity contribution in [3.05, 3.63) is 144 Å². The molecule has 1 N–H and O–H groups in total. The molecule has 2 aromatic heterocycles. The van der Waals surface area contributed by atoms with Crippen LogP contribution in [0.1, 0.15) is 29.5 Å². The lowest BCUT2D eigenvalue weighted by Crippen LogP contribution is -2.35. The highest BCUT2D eigenvalue weighted by Gasteiger charge is 2.47. The van der Waals surface area contributed by atoms with Crippen LogP contribution in [0.4, 0.5) is 4.39 Å². The molecule has 0 saturated carbocycles. The molecule has 1 saturated heterocycles. The fourth-order valence-electron chi connectivity index (χ4n) is 6.71. The van der Waals surface area contributed by atoms with Gasteiger partial charge in [0, 0.05) is 54.3 Å². The third-order valence-corrected chi connectivity index (χ3v) is 8.58. The van der Waals surface area contributed by atoms with Gasteiger partial charge in [0.2, 0.25) is 0 Å². The summed E-state index contributed by atoms with van der Waals surface area (Å²) in [6, 6.07) is 33.3. The predicted octanol–water partition coefficient (Wildman–Crippen LogP) is 7.73. The van der Waals surface area contributed by atoms with Crippen LogP contribution in [0, 0.1) is 5.82 Å². The van der Waals surface area contributed by atoms with Crippen molar-refractivity contribution in [3.63, 3.8) is 0 Å². The zero-order valence-corrected chi connectivity index (χ0v) is 21.7. The molecule has 39 heavy (non-hydrogen) atoms. The molecular formula is C35H30FN3. The summed E-state index contributed by atoms with van der Waals surface area (Å²) in [7, 11) is 0. The molecule has 1 fully saturated rings. The standard InChI is InChI=1S/C35H30FN3/c36-30-13-11-26(12-14-30)34-33(25-15-18-37-19-16-25)32(23-38-34)27-17-20-39-24-35(22-31(39)21-27,28-7-3-1-4-8-28)29-9-5-2-6-10-29/h1-19,23,31,38H,20-22,24H2. The first-order valence-corrected chi connectivity index (χ1v) is 13.6. The van der Waals surface area contributed by atoms with Gasteiger partial charge < -0.3 is 4.98 Å². The quantitative estimate of drug-likeness (QED) is 0.262. The van der Waals surface area contributed by atoms with Crippen molar-refractivity contribution in [3.8, 4) is 22.4 Å². The number of halogens is 1. The van der Waals surface area contributed by atoms with Crippen LogP contribution in [0.25, 0.3) is 28.0 Å².